The zero-order chi connectivity index (χ0) is 25.7. The summed E-state index contributed by atoms with van der Waals surface area (Å²) in [6, 6.07) is 13.6. The molecule has 0 heterocycles. The van der Waals surface area contributed by atoms with Crippen molar-refractivity contribution in [3.8, 4) is 0 Å². The summed E-state index contributed by atoms with van der Waals surface area (Å²) in [4.78, 5) is 28.3. The van der Waals surface area contributed by atoms with Crippen LogP contribution >= 0.6 is 15.9 Å². The van der Waals surface area contributed by atoms with Crippen molar-refractivity contribution in [2.75, 3.05) is 17.1 Å². The van der Waals surface area contributed by atoms with E-state index in [9.17, 15) is 18.0 Å². The molecule has 186 valence electrons. The molecule has 1 N–H and O–H groups in total. The minimum absolute atomic E-state index is 0.192. The Morgan fingerprint density at radius 2 is 1.74 bits per heavy atom. The lowest BCUT2D eigenvalue weighted by molar-refractivity contribution is -0.141. The summed E-state index contributed by atoms with van der Waals surface area (Å²) < 4.78 is 27.0. The van der Waals surface area contributed by atoms with Crippen LogP contribution in [0.3, 0.4) is 0 Å². The Morgan fingerprint density at radius 3 is 2.26 bits per heavy atom. The molecule has 0 fully saturated rings. The van der Waals surface area contributed by atoms with E-state index in [1.54, 1.807) is 24.3 Å². The number of carbonyl (C=O) groups is 2. The summed E-state index contributed by atoms with van der Waals surface area (Å²) >= 11 is 3.36. The number of carbonyl (C=O) groups excluding carboxylic acids is 2. The molecule has 0 saturated carbocycles. The summed E-state index contributed by atoms with van der Waals surface area (Å²) in [5.74, 6) is -0.727. The van der Waals surface area contributed by atoms with Crippen LogP contribution in [0.5, 0.6) is 0 Å². The van der Waals surface area contributed by atoms with Crippen LogP contribution in [0.2, 0.25) is 0 Å². The summed E-state index contributed by atoms with van der Waals surface area (Å²) in [7, 11) is -3.76. The molecule has 34 heavy (non-hydrogen) atoms. The summed E-state index contributed by atoms with van der Waals surface area (Å²) in [5, 5.41) is 2.96. The highest BCUT2D eigenvalue weighted by Crippen LogP contribution is 2.23. The van der Waals surface area contributed by atoms with E-state index >= 15 is 0 Å². The smallest absolute Gasteiger partial charge is 0.244 e. The topological polar surface area (TPSA) is 86.8 Å². The Balaban J connectivity index is 2.48. The van der Waals surface area contributed by atoms with Crippen molar-refractivity contribution >= 4 is 43.5 Å². The van der Waals surface area contributed by atoms with Crippen LogP contribution in [-0.2, 0) is 26.2 Å². The minimum Gasteiger partial charge on any atom is -0.350 e. The zero-order valence-corrected chi connectivity index (χ0v) is 23.0. The monoisotopic (exact) mass is 551 g/mol. The number of hydrogen-bond donors (Lipinski definition) is 1. The SMILES string of the molecule is CCC(C(=O)NC(C)(C)C)N(Cc1ccccc1C)C(=O)CN(c1cccc(Br)c1)S(C)(=O)=O. The molecular weight excluding hydrogens is 518 g/mol. The van der Waals surface area contributed by atoms with Gasteiger partial charge < -0.3 is 10.2 Å². The van der Waals surface area contributed by atoms with Crippen molar-refractivity contribution in [2.45, 2.75) is 59.2 Å². The Labute approximate surface area is 211 Å². The van der Waals surface area contributed by atoms with Crippen molar-refractivity contribution in [3.63, 3.8) is 0 Å². The lowest BCUT2D eigenvalue weighted by atomic mass is 10.0. The third-order valence-electron chi connectivity index (χ3n) is 5.26. The number of aryl methyl sites for hydroxylation is 1. The maximum Gasteiger partial charge on any atom is 0.244 e. The number of hydrogen-bond acceptors (Lipinski definition) is 4. The fourth-order valence-electron chi connectivity index (χ4n) is 3.59. The van der Waals surface area contributed by atoms with Gasteiger partial charge in [-0.05, 0) is 63.4 Å². The number of nitrogens with one attached hydrogen (secondary N) is 1. The van der Waals surface area contributed by atoms with Crippen molar-refractivity contribution in [2.24, 2.45) is 0 Å². The molecule has 0 spiro atoms. The van der Waals surface area contributed by atoms with Crippen LogP contribution in [0.1, 0.15) is 45.2 Å². The van der Waals surface area contributed by atoms with Gasteiger partial charge in [-0.3, -0.25) is 13.9 Å². The molecule has 2 amide bonds. The normalized spacial score (nSPS) is 12.7. The third-order valence-corrected chi connectivity index (χ3v) is 6.90. The molecular formula is C25H34BrN3O4S. The van der Waals surface area contributed by atoms with Crippen LogP contribution in [0.25, 0.3) is 0 Å². The molecule has 0 bridgehead atoms. The average molecular weight is 553 g/mol. The number of amides is 2. The highest BCUT2D eigenvalue weighted by atomic mass is 79.9. The molecule has 0 radical (unpaired) electrons. The van der Waals surface area contributed by atoms with Crippen LogP contribution in [0.4, 0.5) is 5.69 Å². The highest BCUT2D eigenvalue weighted by molar-refractivity contribution is 9.10. The van der Waals surface area contributed by atoms with Crippen LogP contribution in [-0.4, -0.2) is 49.5 Å². The number of halogens is 1. The van der Waals surface area contributed by atoms with Gasteiger partial charge in [-0.25, -0.2) is 8.42 Å². The molecule has 0 aliphatic heterocycles. The first-order valence-electron chi connectivity index (χ1n) is 11.1. The van der Waals surface area contributed by atoms with Gasteiger partial charge in [0.2, 0.25) is 21.8 Å². The fraction of sp³-hybridized carbons (Fsp3) is 0.440. The molecule has 0 aliphatic carbocycles. The van der Waals surface area contributed by atoms with Gasteiger partial charge in [0.25, 0.3) is 0 Å². The van der Waals surface area contributed by atoms with Gasteiger partial charge in [-0.1, -0.05) is 53.2 Å². The van der Waals surface area contributed by atoms with Gasteiger partial charge in [0.05, 0.1) is 11.9 Å². The van der Waals surface area contributed by atoms with Gasteiger partial charge in [-0.2, -0.15) is 0 Å². The van der Waals surface area contributed by atoms with Crippen molar-refractivity contribution < 1.29 is 18.0 Å². The standard InChI is InChI=1S/C25H34BrN3O4S/c1-7-22(24(31)27-25(3,4)5)28(16-19-12-9-8-11-18(19)2)23(30)17-29(34(6,32)33)21-14-10-13-20(26)15-21/h8-15,22H,7,16-17H2,1-6H3,(H,27,31). The number of anilines is 1. The van der Waals surface area contributed by atoms with E-state index in [1.165, 1.54) is 4.90 Å². The highest BCUT2D eigenvalue weighted by Gasteiger charge is 2.33. The molecule has 2 rings (SSSR count). The first-order valence-corrected chi connectivity index (χ1v) is 13.8. The second-order valence-electron chi connectivity index (χ2n) is 9.36. The molecule has 0 aliphatic rings. The molecule has 1 atom stereocenters. The Kier molecular flexibility index (Phi) is 9.30. The maximum absolute atomic E-state index is 13.7. The van der Waals surface area contributed by atoms with Gasteiger partial charge >= 0.3 is 0 Å². The predicted octanol–water partition coefficient (Wildman–Crippen LogP) is 4.25. The van der Waals surface area contributed by atoms with E-state index in [-0.39, 0.29) is 12.5 Å². The Bertz CT molecular complexity index is 1130. The van der Waals surface area contributed by atoms with Gasteiger partial charge in [0.15, 0.2) is 0 Å². The molecule has 2 aromatic carbocycles. The Hall–Kier alpha value is -2.39. The van der Waals surface area contributed by atoms with Crippen molar-refractivity contribution in [1.82, 2.24) is 10.2 Å². The minimum atomic E-state index is -3.76. The van der Waals surface area contributed by atoms with Gasteiger partial charge in [0.1, 0.15) is 12.6 Å². The lowest BCUT2D eigenvalue weighted by Gasteiger charge is -2.34. The van der Waals surface area contributed by atoms with Crippen molar-refractivity contribution in [3.05, 3.63) is 64.1 Å². The number of rotatable bonds is 9. The summed E-state index contributed by atoms with van der Waals surface area (Å²) in [5.41, 5.74) is 1.77. The summed E-state index contributed by atoms with van der Waals surface area (Å²) in [6.07, 6.45) is 1.45. The quantitative estimate of drug-likeness (QED) is 0.504. The molecule has 0 saturated heterocycles. The molecule has 7 nitrogen and oxygen atoms in total. The van der Waals surface area contributed by atoms with Crippen molar-refractivity contribution in [1.29, 1.82) is 0 Å². The predicted molar refractivity (Wildman–Crippen MR) is 140 cm³/mol. The van der Waals surface area contributed by atoms with Gasteiger partial charge in [-0.15, -0.1) is 0 Å². The molecule has 1 unspecified atom stereocenters. The number of sulfonamides is 1. The number of benzene rings is 2. The molecule has 0 aromatic heterocycles. The second kappa shape index (κ2) is 11.4. The fourth-order valence-corrected chi connectivity index (χ4v) is 4.82. The molecule has 9 heteroatoms. The first kappa shape index (κ1) is 27.9. The Morgan fingerprint density at radius 1 is 1.09 bits per heavy atom. The summed E-state index contributed by atoms with van der Waals surface area (Å²) in [6.45, 7) is 9.20. The van der Waals surface area contributed by atoms with Gasteiger partial charge in [0, 0.05) is 16.6 Å². The van der Waals surface area contributed by atoms with Crippen LogP contribution in [0.15, 0.2) is 53.0 Å². The number of nitrogens with zero attached hydrogens (tertiary/aromatic N) is 2. The van der Waals surface area contributed by atoms with Crippen LogP contribution < -0.4 is 9.62 Å². The third kappa shape index (κ3) is 7.84. The first-order chi connectivity index (χ1) is 15.7. The average Bonchev–Trinajstić information content (AvgIpc) is 2.70. The maximum atomic E-state index is 13.7. The largest absolute Gasteiger partial charge is 0.350 e. The van der Waals surface area contributed by atoms with E-state index in [4.69, 9.17) is 0 Å². The van der Waals surface area contributed by atoms with E-state index in [1.807, 2.05) is 58.9 Å². The van der Waals surface area contributed by atoms with E-state index in [0.29, 0.717) is 16.6 Å². The van der Waals surface area contributed by atoms with E-state index < -0.39 is 34.1 Å². The molecule has 2 aromatic rings. The van der Waals surface area contributed by atoms with E-state index in [2.05, 4.69) is 21.2 Å². The second-order valence-corrected chi connectivity index (χ2v) is 12.2. The zero-order valence-electron chi connectivity index (χ0n) is 20.6. The van der Waals surface area contributed by atoms with Crippen LogP contribution in [0, 0.1) is 6.92 Å². The van der Waals surface area contributed by atoms with E-state index in [0.717, 1.165) is 21.7 Å². The lowest BCUT2D eigenvalue weighted by Crippen LogP contribution is -2.55.